The van der Waals surface area contributed by atoms with Gasteiger partial charge in [-0.05, 0) is 24.8 Å². The molecule has 1 fully saturated rings. The summed E-state index contributed by atoms with van der Waals surface area (Å²) in [6, 6.07) is 1.62. The Bertz CT molecular complexity index is 465. The second-order valence-corrected chi connectivity index (χ2v) is 5.81. The molecule has 1 aromatic heterocycles. The average Bonchev–Trinajstić information content (AvgIpc) is 2.56. The highest BCUT2D eigenvalue weighted by Crippen LogP contribution is 2.24. The van der Waals surface area contributed by atoms with E-state index in [1.807, 2.05) is 4.90 Å². The van der Waals surface area contributed by atoms with Crippen molar-refractivity contribution in [1.29, 1.82) is 0 Å². The summed E-state index contributed by atoms with van der Waals surface area (Å²) in [5.41, 5.74) is 0.856. The molecule has 0 radical (unpaired) electrons. The van der Waals surface area contributed by atoms with Crippen LogP contribution in [0.15, 0.2) is 12.3 Å². The minimum Gasteiger partial charge on any atom is -0.338 e. The van der Waals surface area contributed by atoms with Gasteiger partial charge in [0.05, 0.1) is 5.02 Å². The molecule has 2 rings (SSSR count). The summed E-state index contributed by atoms with van der Waals surface area (Å²) >= 11 is 11.9. The van der Waals surface area contributed by atoms with Crippen molar-refractivity contribution in [3.05, 3.63) is 28.0 Å². The fraction of sp³-hybridized carbons (Fsp3) is 0.571. The van der Waals surface area contributed by atoms with E-state index in [0.29, 0.717) is 29.1 Å². The van der Waals surface area contributed by atoms with Crippen molar-refractivity contribution >= 4 is 29.1 Å². The Morgan fingerprint density at radius 2 is 2.21 bits per heavy atom. The van der Waals surface area contributed by atoms with Crippen LogP contribution in [-0.2, 0) is 11.3 Å². The molecule has 1 unspecified atom stereocenters. The first kappa shape index (κ1) is 14.6. The molecular formula is C14H18Cl2N2O. The fourth-order valence-corrected chi connectivity index (χ4v) is 2.85. The van der Waals surface area contributed by atoms with Gasteiger partial charge in [0, 0.05) is 31.3 Å². The third-order valence-corrected chi connectivity index (χ3v) is 4.32. The third-order valence-electron chi connectivity index (χ3n) is 3.76. The van der Waals surface area contributed by atoms with Crippen LogP contribution >= 0.6 is 23.2 Å². The van der Waals surface area contributed by atoms with Gasteiger partial charge in [-0.3, -0.25) is 4.79 Å². The predicted molar refractivity (Wildman–Crippen MR) is 77.3 cm³/mol. The Morgan fingerprint density at radius 1 is 1.42 bits per heavy atom. The topological polar surface area (TPSA) is 33.2 Å². The summed E-state index contributed by atoms with van der Waals surface area (Å²) in [7, 11) is 0. The molecule has 0 bridgehead atoms. The van der Waals surface area contributed by atoms with Gasteiger partial charge < -0.3 is 4.90 Å². The average molecular weight is 301 g/mol. The van der Waals surface area contributed by atoms with E-state index in [9.17, 15) is 4.79 Å². The van der Waals surface area contributed by atoms with Gasteiger partial charge in [0.1, 0.15) is 5.15 Å². The number of rotatable bonds is 3. The van der Waals surface area contributed by atoms with E-state index in [1.54, 1.807) is 12.3 Å². The molecular weight excluding hydrogens is 283 g/mol. The van der Waals surface area contributed by atoms with Crippen LogP contribution in [0, 0.1) is 5.92 Å². The van der Waals surface area contributed by atoms with Gasteiger partial charge in [-0.1, -0.05) is 36.5 Å². The molecule has 1 amide bonds. The van der Waals surface area contributed by atoms with Crippen LogP contribution in [0.1, 0.15) is 38.2 Å². The number of carbonyl (C=O) groups excluding carboxylic acids is 1. The van der Waals surface area contributed by atoms with E-state index in [0.717, 1.165) is 31.4 Å². The molecule has 1 atom stereocenters. The molecule has 0 aliphatic carbocycles. The molecule has 1 aliphatic rings. The first-order chi connectivity index (χ1) is 9.10. The fourth-order valence-electron chi connectivity index (χ4n) is 2.43. The molecule has 0 spiro atoms. The molecule has 104 valence electrons. The molecule has 0 saturated carbocycles. The van der Waals surface area contributed by atoms with Crippen molar-refractivity contribution < 1.29 is 4.79 Å². The maximum atomic E-state index is 12.1. The van der Waals surface area contributed by atoms with E-state index in [-0.39, 0.29) is 5.91 Å². The minimum atomic E-state index is 0.210. The van der Waals surface area contributed by atoms with Crippen molar-refractivity contribution in [2.45, 2.75) is 39.2 Å². The number of hydrogen-bond acceptors (Lipinski definition) is 2. The van der Waals surface area contributed by atoms with Crippen LogP contribution < -0.4 is 0 Å². The predicted octanol–water partition coefficient (Wildman–Crippen LogP) is 3.93. The van der Waals surface area contributed by atoms with Crippen LogP contribution in [0.25, 0.3) is 0 Å². The Labute approximate surface area is 123 Å². The SMILES string of the molecule is CCC1CCC(=O)N(Cc2cnc(Cl)cc2Cl)CC1. The maximum absolute atomic E-state index is 12.1. The molecule has 1 saturated heterocycles. The monoisotopic (exact) mass is 300 g/mol. The second-order valence-electron chi connectivity index (χ2n) is 5.02. The summed E-state index contributed by atoms with van der Waals surface area (Å²) in [5, 5.41) is 0.950. The summed E-state index contributed by atoms with van der Waals surface area (Å²) in [6.07, 6.45) is 5.50. The van der Waals surface area contributed by atoms with Crippen LogP contribution in [0.4, 0.5) is 0 Å². The molecule has 0 N–H and O–H groups in total. The maximum Gasteiger partial charge on any atom is 0.222 e. The van der Waals surface area contributed by atoms with Gasteiger partial charge in [0.25, 0.3) is 0 Å². The van der Waals surface area contributed by atoms with E-state index < -0.39 is 0 Å². The van der Waals surface area contributed by atoms with Gasteiger partial charge >= 0.3 is 0 Å². The van der Waals surface area contributed by atoms with Crippen LogP contribution in [0.5, 0.6) is 0 Å². The number of carbonyl (C=O) groups is 1. The summed E-state index contributed by atoms with van der Waals surface area (Å²) < 4.78 is 0. The van der Waals surface area contributed by atoms with Crippen LogP contribution in [0.2, 0.25) is 10.2 Å². The third kappa shape index (κ3) is 3.83. The molecule has 1 aromatic rings. The Hall–Kier alpha value is -0.800. The lowest BCUT2D eigenvalue weighted by molar-refractivity contribution is -0.131. The molecule has 19 heavy (non-hydrogen) atoms. The Morgan fingerprint density at radius 3 is 2.89 bits per heavy atom. The number of nitrogens with zero attached hydrogens (tertiary/aromatic N) is 2. The summed E-state index contributed by atoms with van der Waals surface area (Å²) in [5.74, 6) is 0.870. The highest BCUT2D eigenvalue weighted by Gasteiger charge is 2.22. The zero-order valence-corrected chi connectivity index (χ0v) is 12.5. The van der Waals surface area contributed by atoms with Gasteiger partial charge in [0.2, 0.25) is 5.91 Å². The normalized spacial score (nSPS) is 20.5. The lowest BCUT2D eigenvalue weighted by Crippen LogP contribution is -2.30. The first-order valence-electron chi connectivity index (χ1n) is 6.67. The number of halogens is 2. The van der Waals surface area contributed by atoms with Gasteiger partial charge in [-0.15, -0.1) is 0 Å². The zero-order chi connectivity index (χ0) is 13.8. The van der Waals surface area contributed by atoms with Crippen molar-refractivity contribution in [3.63, 3.8) is 0 Å². The number of pyridine rings is 1. The van der Waals surface area contributed by atoms with Crippen LogP contribution in [-0.4, -0.2) is 22.3 Å². The molecule has 2 heterocycles. The lowest BCUT2D eigenvalue weighted by atomic mass is 9.98. The number of amides is 1. The van der Waals surface area contributed by atoms with E-state index in [4.69, 9.17) is 23.2 Å². The van der Waals surface area contributed by atoms with Crippen molar-refractivity contribution in [2.24, 2.45) is 5.92 Å². The highest BCUT2D eigenvalue weighted by molar-refractivity contribution is 6.34. The molecule has 0 aromatic carbocycles. The Kier molecular flexibility index (Phi) is 5.06. The van der Waals surface area contributed by atoms with Gasteiger partial charge in [-0.25, -0.2) is 4.98 Å². The second kappa shape index (κ2) is 6.58. The number of aromatic nitrogens is 1. The molecule has 1 aliphatic heterocycles. The first-order valence-corrected chi connectivity index (χ1v) is 7.43. The van der Waals surface area contributed by atoms with Gasteiger partial charge in [0.15, 0.2) is 0 Å². The van der Waals surface area contributed by atoms with Crippen molar-refractivity contribution in [2.75, 3.05) is 6.54 Å². The van der Waals surface area contributed by atoms with Crippen LogP contribution in [0.3, 0.4) is 0 Å². The van der Waals surface area contributed by atoms with E-state index in [1.165, 1.54) is 0 Å². The minimum absolute atomic E-state index is 0.210. The number of hydrogen-bond donors (Lipinski definition) is 0. The van der Waals surface area contributed by atoms with Crippen molar-refractivity contribution in [1.82, 2.24) is 9.88 Å². The van der Waals surface area contributed by atoms with E-state index >= 15 is 0 Å². The smallest absolute Gasteiger partial charge is 0.222 e. The zero-order valence-electron chi connectivity index (χ0n) is 11.0. The quantitative estimate of drug-likeness (QED) is 0.793. The summed E-state index contributed by atoms with van der Waals surface area (Å²) in [6.45, 7) is 3.51. The Balaban J connectivity index is 2.07. The molecule has 5 heteroatoms. The standard InChI is InChI=1S/C14H18Cl2N2O/c1-2-10-3-4-14(19)18(6-5-10)9-11-8-17-13(16)7-12(11)15/h7-8,10H,2-6,9H2,1H3. The molecule has 3 nitrogen and oxygen atoms in total. The lowest BCUT2D eigenvalue weighted by Gasteiger charge is -2.21. The van der Waals surface area contributed by atoms with Gasteiger partial charge in [-0.2, -0.15) is 0 Å². The van der Waals surface area contributed by atoms with Crippen molar-refractivity contribution in [3.8, 4) is 0 Å². The van der Waals surface area contributed by atoms with E-state index in [2.05, 4.69) is 11.9 Å². The largest absolute Gasteiger partial charge is 0.338 e. The number of likely N-dealkylation sites (tertiary alicyclic amines) is 1. The highest BCUT2D eigenvalue weighted by atomic mass is 35.5. The summed E-state index contributed by atoms with van der Waals surface area (Å²) in [4.78, 5) is 18.0.